The van der Waals surface area contributed by atoms with E-state index in [2.05, 4.69) is 20.8 Å². The molecule has 1 aliphatic heterocycles. The molecule has 2 atom stereocenters. The molecule has 1 aromatic rings. The van der Waals surface area contributed by atoms with Gasteiger partial charge in [-0.15, -0.1) is 11.3 Å². The van der Waals surface area contributed by atoms with Crippen molar-refractivity contribution >= 4 is 23.2 Å². The molecule has 1 amide bonds. The van der Waals surface area contributed by atoms with Crippen molar-refractivity contribution < 1.29 is 24.5 Å². The predicted octanol–water partition coefficient (Wildman–Crippen LogP) is 3.92. The summed E-state index contributed by atoms with van der Waals surface area (Å²) in [6, 6.07) is 3.42. The van der Waals surface area contributed by atoms with E-state index in [1.54, 1.807) is 12.1 Å². The van der Waals surface area contributed by atoms with Gasteiger partial charge in [-0.05, 0) is 43.2 Å². The Bertz CT molecular complexity index is 657. The van der Waals surface area contributed by atoms with Crippen LogP contribution in [0.3, 0.4) is 0 Å². The molecule has 1 aliphatic rings. The highest BCUT2D eigenvalue weighted by molar-refractivity contribution is 7.13. The summed E-state index contributed by atoms with van der Waals surface area (Å²) < 4.78 is 5.76. The Labute approximate surface area is 171 Å². The van der Waals surface area contributed by atoms with Crippen LogP contribution >= 0.6 is 11.3 Å². The number of thiophene rings is 1. The van der Waals surface area contributed by atoms with Crippen molar-refractivity contribution in [3.8, 4) is 0 Å². The van der Waals surface area contributed by atoms with Crippen molar-refractivity contribution in [2.75, 3.05) is 13.2 Å². The largest absolute Gasteiger partial charge is 0.477 e. The first-order valence-electron chi connectivity index (χ1n) is 10.1. The Kier molecular flexibility index (Phi) is 8.46. The number of aliphatic hydroxyl groups excluding tert-OH is 1. The third-order valence-corrected chi connectivity index (χ3v) is 6.60. The highest BCUT2D eigenvalue weighted by Crippen LogP contribution is 2.30. The summed E-state index contributed by atoms with van der Waals surface area (Å²) in [5, 5.41) is 19.4. The van der Waals surface area contributed by atoms with Crippen molar-refractivity contribution in [2.24, 2.45) is 5.41 Å². The molecule has 0 aromatic carbocycles. The average molecular weight is 412 g/mol. The van der Waals surface area contributed by atoms with Gasteiger partial charge in [0.25, 0.3) is 0 Å². The first-order valence-corrected chi connectivity index (χ1v) is 10.9. The summed E-state index contributed by atoms with van der Waals surface area (Å²) in [6.07, 6.45) is 4.47. The minimum Gasteiger partial charge on any atom is -0.477 e. The van der Waals surface area contributed by atoms with E-state index in [1.165, 1.54) is 11.3 Å². The van der Waals surface area contributed by atoms with Crippen LogP contribution in [0.15, 0.2) is 12.1 Å². The van der Waals surface area contributed by atoms with E-state index in [1.807, 2.05) is 4.90 Å². The monoisotopic (exact) mass is 411 g/mol. The summed E-state index contributed by atoms with van der Waals surface area (Å²) in [7, 11) is 0. The van der Waals surface area contributed by atoms with Crippen LogP contribution in [0.25, 0.3) is 0 Å². The van der Waals surface area contributed by atoms with Gasteiger partial charge in [-0.3, -0.25) is 4.79 Å². The molecule has 2 N–H and O–H groups in total. The first-order chi connectivity index (χ1) is 13.2. The second kappa shape index (κ2) is 10.4. The zero-order valence-corrected chi connectivity index (χ0v) is 18.0. The van der Waals surface area contributed by atoms with Gasteiger partial charge < -0.3 is 19.8 Å². The Morgan fingerprint density at radius 3 is 2.82 bits per heavy atom. The van der Waals surface area contributed by atoms with Crippen molar-refractivity contribution in [1.82, 2.24) is 4.90 Å². The molecule has 0 radical (unpaired) electrons. The number of hydrogen-bond acceptors (Lipinski definition) is 5. The summed E-state index contributed by atoms with van der Waals surface area (Å²) in [5.74, 6) is -0.770. The average Bonchev–Trinajstić information content (AvgIpc) is 3.23. The van der Waals surface area contributed by atoms with Crippen molar-refractivity contribution in [1.29, 1.82) is 0 Å². The van der Waals surface area contributed by atoms with Gasteiger partial charge in [0.1, 0.15) is 4.88 Å². The molecule has 158 valence electrons. The van der Waals surface area contributed by atoms with Gasteiger partial charge in [-0.25, -0.2) is 4.79 Å². The fourth-order valence-electron chi connectivity index (χ4n) is 3.80. The van der Waals surface area contributed by atoms with Gasteiger partial charge in [0.05, 0.1) is 25.4 Å². The van der Waals surface area contributed by atoms with Crippen molar-refractivity contribution in [2.45, 2.75) is 78.0 Å². The molecule has 6 nitrogen and oxygen atoms in total. The number of carbonyl (C=O) groups excluding carboxylic acids is 1. The molecule has 0 bridgehead atoms. The smallest absolute Gasteiger partial charge is 0.345 e. The number of carboxylic acid groups (broad SMARTS) is 1. The highest BCUT2D eigenvalue weighted by atomic mass is 32.1. The lowest BCUT2D eigenvalue weighted by molar-refractivity contribution is -0.130. The Hall–Kier alpha value is -1.44. The zero-order chi connectivity index (χ0) is 20.7. The van der Waals surface area contributed by atoms with Crippen LogP contribution in [0.5, 0.6) is 0 Å². The molecule has 7 heteroatoms. The maximum absolute atomic E-state index is 12.2. The Morgan fingerprint density at radius 1 is 1.43 bits per heavy atom. The molecule has 0 aliphatic carbocycles. The summed E-state index contributed by atoms with van der Waals surface area (Å²) in [4.78, 5) is 26.2. The molecule has 28 heavy (non-hydrogen) atoms. The number of carboxylic acids is 1. The third-order valence-electron chi connectivity index (χ3n) is 5.55. The number of aliphatic hydroxyl groups is 1. The SMILES string of the molecule is CCCC(C)(C)C(O)CCCN1C(=O)CC[C@@H]1COCc1ccc(C(=O)O)s1. The van der Waals surface area contributed by atoms with Crippen LogP contribution in [0.2, 0.25) is 0 Å². The number of hydrogen-bond donors (Lipinski definition) is 2. The molecular weight excluding hydrogens is 378 g/mol. The third kappa shape index (κ3) is 6.29. The lowest BCUT2D eigenvalue weighted by atomic mass is 9.80. The summed E-state index contributed by atoms with van der Waals surface area (Å²) >= 11 is 1.22. The van der Waals surface area contributed by atoms with E-state index in [0.29, 0.717) is 37.5 Å². The number of carbonyl (C=O) groups is 2. The van der Waals surface area contributed by atoms with E-state index in [4.69, 9.17) is 9.84 Å². The van der Waals surface area contributed by atoms with Crippen LogP contribution < -0.4 is 0 Å². The number of rotatable bonds is 12. The van der Waals surface area contributed by atoms with Gasteiger partial charge >= 0.3 is 5.97 Å². The van der Waals surface area contributed by atoms with E-state index >= 15 is 0 Å². The number of nitrogens with zero attached hydrogens (tertiary/aromatic N) is 1. The van der Waals surface area contributed by atoms with Crippen molar-refractivity contribution in [3.63, 3.8) is 0 Å². The van der Waals surface area contributed by atoms with E-state index < -0.39 is 5.97 Å². The second-order valence-electron chi connectivity index (χ2n) is 8.26. The zero-order valence-electron chi connectivity index (χ0n) is 17.1. The molecule has 1 saturated heterocycles. The minimum atomic E-state index is -0.923. The van der Waals surface area contributed by atoms with Crippen LogP contribution in [0, 0.1) is 5.41 Å². The van der Waals surface area contributed by atoms with Gasteiger partial charge in [-0.2, -0.15) is 0 Å². The second-order valence-corrected chi connectivity index (χ2v) is 9.43. The number of amides is 1. The normalized spacial score (nSPS) is 18.6. The molecule has 0 saturated carbocycles. The Balaban J connectivity index is 1.76. The van der Waals surface area contributed by atoms with Crippen LogP contribution in [-0.4, -0.2) is 52.3 Å². The lowest BCUT2D eigenvalue weighted by Crippen LogP contribution is -2.37. The van der Waals surface area contributed by atoms with Gasteiger partial charge in [0.15, 0.2) is 0 Å². The number of aromatic carboxylic acids is 1. The van der Waals surface area contributed by atoms with E-state index in [9.17, 15) is 14.7 Å². The molecule has 2 heterocycles. The standard InChI is InChI=1S/C21H33NO5S/c1-4-11-21(2,3)18(23)6-5-12-22-15(7-10-19(22)24)13-27-14-16-8-9-17(28-16)20(25)26/h8-9,15,18,23H,4-7,10-14H2,1-3H3,(H,25,26)/t15-,18?/m1/s1. The van der Waals surface area contributed by atoms with E-state index in [-0.39, 0.29) is 23.5 Å². The quantitative estimate of drug-likeness (QED) is 0.544. The number of ether oxygens (including phenoxy) is 1. The van der Waals surface area contributed by atoms with Crippen LogP contribution in [-0.2, 0) is 16.1 Å². The first kappa shape index (κ1) is 22.8. The summed E-state index contributed by atoms with van der Waals surface area (Å²) in [6.45, 7) is 7.78. The number of likely N-dealkylation sites (tertiary alicyclic amines) is 1. The fraction of sp³-hybridized carbons (Fsp3) is 0.714. The van der Waals surface area contributed by atoms with Crippen molar-refractivity contribution in [3.05, 3.63) is 21.9 Å². The van der Waals surface area contributed by atoms with Gasteiger partial charge in [0.2, 0.25) is 5.91 Å². The van der Waals surface area contributed by atoms with Crippen LogP contribution in [0.4, 0.5) is 0 Å². The highest BCUT2D eigenvalue weighted by Gasteiger charge is 2.32. The molecule has 1 fully saturated rings. The molecule has 1 aromatic heterocycles. The predicted molar refractivity (Wildman–Crippen MR) is 110 cm³/mol. The van der Waals surface area contributed by atoms with Gasteiger partial charge in [0, 0.05) is 17.8 Å². The topological polar surface area (TPSA) is 87.1 Å². The molecule has 1 unspecified atom stereocenters. The van der Waals surface area contributed by atoms with Gasteiger partial charge in [-0.1, -0.05) is 27.2 Å². The summed E-state index contributed by atoms with van der Waals surface area (Å²) in [5.41, 5.74) is -0.0954. The lowest BCUT2D eigenvalue weighted by Gasteiger charge is -2.31. The Morgan fingerprint density at radius 2 is 2.18 bits per heavy atom. The maximum atomic E-state index is 12.2. The van der Waals surface area contributed by atoms with Crippen LogP contribution in [0.1, 0.15) is 73.8 Å². The molecule has 2 rings (SSSR count). The minimum absolute atomic E-state index is 0.0622. The van der Waals surface area contributed by atoms with E-state index in [0.717, 1.165) is 30.6 Å². The maximum Gasteiger partial charge on any atom is 0.345 e. The fourth-order valence-corrected chi connectivity index (χ4v) is 4.58. The molecular formula is C21H33NO5S. The molecule has 0 spiro atoms.